The molecule has 4 aromatic rings. The normalized spacial score (nSPS) is 13.2. The van der Waals surface area contributed by atoms with Crippen molar-refractivity contribution in [3.63, 3.8) is 0 Å². The maximum absolute atomic E-state index is 11.7. The molecule has 0 saturated heterocycles. The Morgan fingerprint density at radius 3 is 1.67 bits per heavy atom. The molecule has 0 aliphatic carbocycles. The second-order valence-corrected chi connectivity index (χ2v) is 15.9. The van der Waals surface area contributed by atoms with E-state index in [-0.39, 0.29) is 10.9 Å². The van der Waals surface area contributed by atoms with Crippen LogP contribution in [0.5, 0.6) is 0 Å². The van der Waals surface area contributed by atoms with E-state index in [2.05, 4.69) is 119 Å². The molecule has 202 valence electrons. The van der Waals surface area contributed by atoms with E-state index in [1.807, 2.05) is 42.5 Å². The Labute approximate surface area is 234 Å². The highest BCUT2D eigenvalue weighted by Gasteiger charge is 2.50. The maximum Gasteiger partial charge on any atom is 0.261 e. The van der Waals surface area contributed by atoms with Gasteiger partial charge in [0.05, 0.1) is 12.1 Å². The summed E-state index contributed by atoms with van der Waals surface area (Å²) in [5, 5.41) is 15.6. The van der Waals surface area contributed by atoms with Crippen molar-refractivity contribution in [2.24, 2.45) is 0 Å². The van der Waals surface area contributed by atoms with Crippen LogP contribution in [-0.4, -0.2) is 31.5 Å². The number of hydrogen-bond donors (Lipinski definition) is 1. The fraction of sp³-hybridized carbons (Fsp3) is 0.257. The maximum atomic E-state index is 11.7. The van der Waals surface area contributed by atoms with Crippen LogP contribution in [0.3, 0.4) is 0 Å². The molecule has 0 amide bonds. The van der Waals surface area contributed by atoms with Crippen LogP contribution in [0.2, 0.25) is 5.04 Å². The van der Waals surface area contributed by atoms with Crippen molar-refractivity contribution in [2.75, 3.05) is 13.2 Å². The second-order valence-electron chi connectivity index (χ2n) is 11.6. The summed E-state index contributed by atoms with van der Waals surface area (Å²) in [4.78, 5) is 2.06. The standard InChI is InChI=1S/C35H41NO2Si/c1-28-18-16-17-25-32(28)33(37)36(35(5,6)29-19-10-7-11-20-29)26-27-38-39(34(2,3)4,30-21-12-8-13-22-30)31-23-14-9-15-24-31/h7-25,37H,1,26-27H2,2-6H3/b33-32-. The monoisotopic (exact) mass is 535 g/mol. The van der Waals surface area contributed by atoms with Gasteiger partial charge >= 0.3 is 0 Å². The first-order chi connectivity index (χ1) is 18.6. The van der Waals surface area contributed by atoms with Gasteiger partial charge in [0, 0.05) is 11.8 Å². The molecule has 0 atom stereocenters. The van der Waals surface area contributed by atoms with Crippen molar-refractivity contribution < 1.29 is 9.53 Å². The summed E-state index contributed by atoms with van der Waals surface area (Å²) in [5.74, 6) is 0.209. The number of nitrogens with zero attached hydrogens (tertiary/aromatic N) is 1. The SMILES string of the molecule is C=c1cccc/c1=C(/O)N(CCO[Si](c1ccccc1)(c1ccccc1)C(C)(C)C)C(C)(C)c1ccccc1. The average molecular weight is 536 g/mol. The smallest absolute Gasteiger partial charge is 0.261 e. The van der Waals surface area contributed by atoms with E-state index in [0.717, 1.165) is 16.0 Å². The van der Waals surface area contributed by atoms with Crippen molar-refractivity contribution in [2.45, 2.75) is 45.2 Å². The molecule has 39 heavy (non-hydrogen) atoms. The average Bonchev–Trinajstić information content (AvgIpc) is 2.94. The summed E-state index contributed by atoms with van der Waals surface area (Å²) in [6.07, 6.45) is 0. The lowest BCUT2D eigenvalue weighted by Crippen LogP contribution is -2.67. The van der Waals surface area contributed by atoms with Crippen molar-refractivity contribution in [3.8, 4) is 0 Å². The van der Waals surface area contributed by atoms with Crippen LogP contribution in [0.15, 0.2) is 115 Å². The van der Waals surface area contributed by atoms with Crippen LogP contribution in [0.25, 0.3) is 12.5 Å². The minimum atomic E-state index is -2.71. The van der Waals surface area contributed by atoms with Gasteiger partial charge in [0.2, 0.25) is 0 Å². The minimum Gasteiger partial charge on any atom is -0.494 e. The Hall–Kier alpha value is -3.60. The molecule has 0 bridgehead atoms. The van der Waals surface area contributed by atoms with Gasteiger partial charge in [0.25, 0.3) is 8.32 Å². The van der Waals surface area contributed by atoms with Gasteiger partial charge in [0.15, 0.2) is 5.88 Å². The molecule has 4 rings (SSSR count). The molecule has 0 fully saturated rings. The van der Waals surface area contributed by atoms with Gasteiger partial charge in [0.1, 0.15) is 0 Å². The van der Waals surface area contributed by atoms with Crippen LogP contribution in [0.4, 0.5) is 0 Å². The first-order valence-corrected chi connectivity index (χ1v) is 15.6. The zero-order chi connectivity index (χ0) is 28.1. The molecule has 0 spiro atoms. The zero-order valence-corrected chi connectivity index (χ0v) is 24.9. The summed E-state index contributed by atoms with van der Waals surface area (Å²) >= 11 is 0. The predicted octanol–water partition coefficient (Wildman–Crippen LogP) is 5.53. The van der Waals surface area contributed by atoms with Crippen LogP contribution >= 0.6 is 0 Å². The van der Waals surface area contributed by atoms with E-state index in [9.17, 15) is 5.11 Å². The molecule has 0 aliphatic rings. The Morgan fingerprint density at radius 2 is 1.18 bits per heavy atom. The number of benzene rings is 4. The topological polar surface area (TPSA) is 32.7 Å². The Kier molecular flexibility index (Phi) is 8.48. The molecule has 0 aliphatic heterocycles. The number of hydrogen-bond acceptors (Lipinski definition) is 3. The third kappa shape index (κ3) is 5.73. The zero-order valence-electron chi connectivity index (χ0n) is 23.9. The minimum absolute atomic E-state index is 0.124. The van der Waals surface area contributed by atoms with Crippen LogP contribution < -0.4 is 20.8 Å². The molecule has 0 saturated carbocycles. The summed E-state index contributed by atoms with van der Waals surface area (Å²) in [5.41, 5.74) is 0.617. The van der Waals surface area contributed by atoms with Gasteiger partial charge in [-0.2, -0.15) is 0 Å². The van der Waals surface area contributed by atoms with Gasteiger partial charge in [-0.05, 0) is 46.1 Å². The number of aliphatic hydroxyl groups is 1. The molecular formula is C35H41NO2Si. The molecular weight excluding hydrogens is 494 g/mol. The Balaban J connectivity index is 1.80. The number of rotatable bonds is 9. The van der Waals surface area contributed by atoms with Gasteiger partial charge in [-0.15, -0.1) is 0 Å². The van der Waals surface area contributed by atoms with Gasteiger partial charge < -0.3 is 14.4 Å². The van der Waals surface area contributed by atoms with Gasteiger partial charge in [-0.1, -0.05) is 137 Å². The van der Waals surface area contributed by atoms with Crippen molar-refractivity contribution >= 4 is 31.2 Å². The van der Waals surface area contributed by atoms with Gasteiger partial charge in [-0.3, -0.25) is 0 Å². The first-order valence-electron chi connectivity index (χ1n) is 13.6. The molecule has 0 heterocycles. The summed E-state index contributed by atoms with van der Waals surface area (Å²) in [6.45, 7) is 16.3. The van der Waals surface area contributed by atoms with E-state index in [1.54, 1.807) is 0 Å². The summed E-state index contributed by atoms with van der Waals surface area (Å²) in [6, 6.07) is 39.4. The van der Waals surface area contributed by atoms with Crippen LogP contribution in [0, 0.1) is 0 Å². The van der Waals surface area contributed by atoms with E-state index in [0.29, 0.717) is 13.2 Å². The highest BCUT2D eigenvalue weighted by molar-refractivity contribution is 6.99. The molecule has 3 nitrogen and oxygen atoms in total. The van der Waals surface area contributed by atoms with Crippen molar-refractivity contribution in [3.05, 3.63) is 131 Å². The van der Waals surface area contributed by atoms with Gasteiger partial charge in [-0.25, -0.2) is 0 Å². The van der Waals surface area contributed by atoms with Crippen molar-refractivity contribution in [1.29, 1.82) is 0 Å². The molecule has 0 radical (unpaired) electrons. The lowest BCUT2D eigenvalue weighted by Gasteiger charge is -2.45. The van der Waals surface area contributed by atoms with E-state index in [4.69, 9.17) is 4.43 Å². The lowest BCUT2D eigenvalue weighted by atomic mass is 9.92. The van der Waals surface area contributed by atoms with E-state index >= 15 is 0 Å². The van der Waals surface area contributed by atoms with Crippen LogP contribution in [-0.2, 0) is 9.96 Å². The quantitative estimate of drug-likeness (QED) is 0.286. The lowest BCUT2D eigenvalue weighted by molar-refractivity contribution is 0.122. The Morgan fingerprint density at radius 1 is 0.718 bits per heavy atom. The number of aliphatic hydroxyl groups excluding tert-OH is 1. The third-order valence-electron chi connectivity index (χ3n) is 7.72. The highest BCUT2D eigenvalue weighted by atomic mass is 28.4. The predicted molar refractivity (Wildman–Crippen MR) is 167 cm³/mol. The second kappa shape index (κ2) is 11.6. The highest BCUT2D eigenvalue weighted by Crippen LogP contribution is 2.37. The molecule has 4 aromatic carbocycles. The fourth-order valence-corrected chi connectivity index (χ4v) is 10.1. The van der Waals surface area contributed by atoms with E-state index in [1.165, 1.54) is 10.4 Å². The molecule has 4 heteroatoms. The fourth-order valence-electron chi connectivity index (χ4n) is 5.59. The van der Waals surface area contributed by atoms with E-state index < -0.39 is 13.9 Å². The molecule has 0 unspecified atom stereocenters. The Bertz CT molecular complexity index is 1420. The summed E-state index contributed by atoms with van der Waals surface area (Å²) in [7, 11) is -2.71. The third-order valence-corrected chi connectivity index (χ3v) is 12.8. The molecule has 0 aromatic heterocycles. The first kappa shape index (κ1) is 28.4. The largest absolute Gasteiger partial charge is 0.494 e. The van der Waals surface area contributed by atoms with Crippen molar-refractivity contribution in [1.82, 2.24) is 4.90 Å². The summed E-state index contributed by atoms with van der Waals surface area (Å²) < 4.78 is 7.20. The molecule has 1 N–H and O–H groups in total. The van der Waals surface area contributed by atoms with Crippen LogP contribution in [0.1, 0.15) is 40.2 Å².